The molecule has 0 saturated carbocycles. The second-order valence-corrected chi connectivity index (χ2v) is 8.22. The number of rotatable bonds is 6. The minimum Gasteiger partial charge on any atom is -0.493 e. The molecule has 5 nitrogen and oxygen atoms in total. The molecule has 0 unspecified atom stereocenters. The maximum Gasteiger partial charge on any atom is 0.363 e. The number of carbonyl (C=O) groups excluding carboxylic acids is 1. The van der Waals surface area contributed by atoms with Crippen LogP contribution in [0.15, 0.2) is 89.6 Å². The van der Waals surface area contributed by atoms with Crippen LogP contribution in [0.1, 0.15) is 16.7 Å². The molecule has 4 aromatic rings. The van der Waals surface area contributed by atoms with Gasteiger partial charge in [0.15, 0.2) is 17.2 Å². The molecule has 0 aliphatic carbocycles. The highest BCUT2D eigenvalue weighted by Crippen LogP contribution is 2.38. The molecule has 0 atom stereocenters. The Morgan fingerprint density at radius 3 is 2.57 bits per heavy atom. The molecule has 5 rings (SSSR count). The Bertz CT molecular complexity index is 1510. The molecule has 174 valence electrons. The number of benzene rings is 4. The van der Waals surface area contributed by atoms with E-state index in [-0.39, 0.29) is 34.8 Å². The van der Waals surface area contributed by atoms with Gasteiger partial charge in [-0.05, 0) is 52.7 Å². The summed E-state index contributed by atoms with van der Waals surface area (Å²) in [6.07, 6.45) is 1.56. The largest absolute Gasteiger partial charge is 0.493 e. The summed E-state index contributed by atoms with van der Waals surface area (Å²) in [5.74, 6) is -0.0958. The molecule has 0 bridgehead atoms. The highest BCUT2D eigenvalue weighted by molar-refractivity contribution is 6.32. The highest BCUT2D eigenvalue weighted by Gasteiger charge is 2.25. The van der Waals surface area contributed by atoms with Gasteiger partial charge in [0.05, 0.1) is 12.1 Å². The van der Waals surface area contributed by atoms with E-state index in [9.17, 15) is 9.18 Å². The second-order valence-electron chi connectivity index (χ2n) is 7.81. The van der Waals surface area contributed by atoms with Gasteiger partial charge in [-0.15, -0.1) is 0 Å². The van der Waals surface area contributed by atoms with E-state index in [0.717, 1.165) is 10.8 Å². The zero-order chi connectivity index (χ0) is 24.4. The molecule has 1 heterocycles. The van der Waals surface area contributed by atoms with Crippen molar-refractivity contribution in [2.45, 2.75) is 6.61 Å². The van der Waals surface area contributed by atoms with Crippen molar-refractivity contribution in [2.24, 2.45) is 4.99 Å². The van der Waals surface area contributed by atoms with Crippen LogP contribution in [-0.2, 0) is 16.1 Å². The average Bonchev–Trinajstić information content (AvgIpc) is 3.23. The van der Waals surface area contributed by atoms with Gasteiger partial charge in [0.1, 0.15) is 12.4 Å². The number of ether oxygens (including phenoxy) is 3. The summed E-state index contributed by atoms with van der Waals surface area (Å²) in [7, 11) is 1.47. The smallest absolute Gasteiger partial charge is 0.363 e. The molecule has 1 aliphatic rings. The van der Waals surface area contributed by atoms with Crippen LogP contribution in [0.25, 0.3) is 16.8 Å². The van der Waals surface area contributed by atoms with E-state index in [0.29, 0.717) is 22.4 Å². The molecule has 35 heavy (non-hydrogen) atoms. The molecule has 0 spiro atoms. The SMILES string of the molecule is COc1cc(/C=C2\N=C(c3ccc4ccccc4c3)OC2=O)cc(Cl)c1OCc1ccccc1F. The number of aliphatic imine (C=N–C) groups is 1. The van der Waals surface area contributed by atoms with Crippen molar-refractivity contribution in [3.63, 3.8) is 0 Å². The van der Waals surface area contributed by atoms with Gasteiger partial charge < -0.3 is 14.2 Å². The van der Waals surface area contributed by atoms with Gasteiger partial charge in [0.25, 0.3) is 0 Å². The summed E-state index contributed by atoms with van der Waals surface area (Å²) in [5, 5.41) is 2.34. The van der Waals surface area contributed by atoms with Crippen molar-refractivity contribution in [1.29, 1.82) is 0 Å². The minimum absolute atomic E-state index is 0.0189. The van der Waals surface area contributed by atoms with Gasteiger partial charge in [-0.25, -0.2) is 14.2 Å². The van der Waals surface area contributed by atoms with Crippen LogP contribution < -0.4 is 9.47 Å². The average molecular weight is 488 g/mol. The Kier molecular flexibility index (Phi) is 6.21. The lowest BCUT2D eigenvalue weighted by Crippen LogP contribution is -2.05. The molecule has 4 aromatic carbocycles. The Morgan fingerprint density at radius 1 is 1.00 bits per heavy atom. The third-order valence-corrected chi connectivity index (χ3v) is 5.78. The third-order valence-electron chi connectivity index (χ3n) is 5.50. The number of cyclic esters (lactones) is 1. The van der Waals surface area contributed by atoms with E-state index in [1.54, 1.807) is 36.4 Å². The molecular formula is C28H19ClFNO4. The lowest BCUT2D eigenvalue weighted by molar-refractivity contribution is -0.129. The molecule has 0 fully saturated rings. The fourth-order valence-corrected chi connectivity index (χ4v) is 4.02. The van der Waals surface area contributed by atoms with E-state index >= 15 is 0 Å². The predicted molar refractivity (Wildman–Crippen MR) is 133 cm³/mol. The van der Waals surface area contributed by atoms with Crippen LogP contribution in [0.2, 0.25) is 5.02 Å². The number of esters is 1. The number of carbonyl (C=O) groups is 1. The zero-order valence-electron chi connectivity index (χ0n) is 18.6. The van der Waals surface area contributed by atoms with Crippen molar-refractivity contribution in [3.05, 3.63) is 112 Å². The van der Waals surface area contributed by atoms with Crippen molar-refractivity contribution in [3.8, 4) is 11.5 Å². The van der Waals surface area contributed by atoms with E-state index < -0.39 is 5.97 Å². The minimum atomic E-state index is -0.567. The molecule has 0 saturated heterocycles. The Labute approximate surface area is 206 Å². The van der Waals surface area contributed by atoms with Crippen molar-refractivity contribution < 1.29 is 23.4 Å². The summed E-state index contributed by atoms with van der Waals surface area (Å²) in [6, 6.07) is 23.2. The predicted octanol–water partition coefficient (Wildman–Crippen LogP) is 6.56. The number of methoxy groups -OCH3 is 1. The highest BCUT2D eigenvalue weighted by atomic mass is 35.5. The Hall–Kier alpha value is -4.16. The fraction of sp³-hybridized carbons (Fsp3) is 0.0714. The standard InChI is InChI=1S/C28H19ClFNO4/c1-33-25-14-17(12-22(29)26(25)34-16-21-8-4-5-9-23(21)30)13-24-28(32)35-27(31-24)20-11-10-18-6-2-3-7-19(18)15-20/h2-15H,16H2,1H3/b24-13-. The van der Waals surface area contributed by atoms with Gasteiger partial charge in [-0.2, -0.15) is 0 Å². The first-order valence-corrected chi connectivity index (χ1v) is 11.1. The molecule has 0 radical (unpaired) electrons. The first-order chi connectivity index (χ1) is 17.0. The fourth-order valence-electron chi connectivity index (χ4n) is 3.74. The number of hydrogen-bond acceptors (Lipinski definition) is 5. The van der Waals surface area contributed by atoms with Crippen LogP contribution in [0, 0.1) is 5.82 Å². The second kappa shape index (κ2) is 9.60. The summed E-state index contributed by atoms with van der Waals surface area (Å²) in [4.78, 5) is 16.9. The van der Waals surface area contributed by atoms with Crippen LogP contribution in [0.4, 0.5) is 4.39 Å². The first-order valence-electron chi connectivity index (χ1n) is 10.8. The van der Waals surface area contributed by atoms with Gasteiger partial charge >= 0.3 is 5.97 Å². The molecular weight excluding hydrogens is 469 g/mol. The summed E-state index contributed by atoms with van der Waals surface area (Å²) >= 11 is 6.44. The van der Waals surface area contributed by atoms with E-state index in [1.807, 2.05) is 42.5 Å². The van der Waals surface area contributed by atoms with Crippen LogP contribution >= 0.6 is 11.6 Å². The molecule has 0 N–H and O–H groups in total. The molecule has 1 aliphatic heterocycles. The lowest BCUT2D eigenvalue weighted by Gasteiger charge is -2.13. The van der Waals surface area contributed by atoms with Crippen molar-refractivity contribution in [1.82, 2.24) is 0 Å². The normalized spacial score (nSPS) is 14.2. The molecule has 7 heteroatoms. The lowest BCUT2D eigenvalue weighted by atomic mass is 10.1. The van der Waals surface area contributed by atoms with E-state index in [1.165, 1.54) is 13.2 Å². The van der Waals surface area contributed by atoms with E-state index in [2.05, 4.69) is 4.99 Å². The molecule has 0 amide bonds. The van der Waals surface area contributed by atoms with Crippen molar-refractivity contribution >= 4 is 40.3 Å². The number of nitrogens with zero attached hydrogens (tertiary/aromatic N) is 1. The molecule has 0 aromatic heterocycles. The van der Waals surface area contributed by atoms with Gasteiger partial charge in [-0.3, -0.25) is 0 Å². The maximum atomic E-state index is 13.9. The summed E-state index contributed by atoms with van der Waals surface area (Å²) < 4.78 is 30.5. The van der Waals surface area contributed by atoms with Gasteiger partial charge in [0.2, 0.25) is 5.90 Å². The van der Waals surface area contributed by atoms with Crippen molar-refractivity contribution in [2.75, 3.05) is 7.11 Å². The summed E-state index contributed by atoms with van der Waals surface area (Å²) in [5.41, 5.74) is 1.79. The number of fused-ring (bicyclic) bond motifs is 1. The number of hydrogen-bond donors (Lipinski definition) is 0. The van der Waals surface area contributed by atoms with Crippen LogP contribution in [0.3, 0.4) is 0 Å². The van der Waals surface area contributed by atoms with Crippen LogP contribution in [-0.4, -0.2) is 19.0 Å². The first kappa shape index (κ1) is 22.6. The van der Waals surface area contributed by atoms with E-state index in [4.69, 9.17) is 25.8 Å². The number of halogens is 2. The summed E-state index contributed by atoms with van der Waals surface area (Å²) in [6.45, 7) is -0.0189. The zero-order valence-corrected chi connectivity index (χ0v) is 19.4. The maximum absolute atomic E-state index is 13.9. The van der Waals surface area contributed by atoms with Crippen LogP contribution in [0.5, 0.6) is 11.5 Å². The third kappa shape index (κ3) is 4.74. The van der Waals surface area contributed by atoms with Gasteiger partial charge in [-0.1, -0.05) is 60.1 Å². The van der Waals surface area contributed by atoms with Gasteiger partial charge in [0, 0.05) is 11.1 Å². The Morgan fingerprint density at radius 2 is 1.77 bits per heavy atom. The quantitative estimate of drug-likeness (QED) is 0.228. The monoisotopic (exact) mass is 487 g/mol. The topological polar surface area (TPSA) is 57.1 Å². The Balaban J connectivity index is 1.42.